The van der Waals surface area contributed by atoms with Gasteiger partial charge in [-0.25, -0.2) is 0 Å². The smallest absolute Gasteiger partial charge is 0.241 e. The summed E-state index contributed by atoms with van der Waals surface area (Å²) in [6, 6.07) is 0.0416. The lowest BCUT2D eigenvalue weighted by Crippen LogP contribution is -2.36. The Bertz CT molecular complexity index is 193. The zero-order valence-electron chi connectivity index (χ0n) is 9.00. The molecule has 3 atom stereocenters. The molecule has 0 spiro atoms. The summed E-state index contributed by atoms with van der Waals surface area (Å²) in [5, 5.41) is 3.37. The molecular formula is C10H20N2O. The summed E-state index contributed by atoms with van der Waals surface area (Å²) < 4.78 is 0. The molecule has 1 rings (SSSR count). The Morgan fingerprint density at radius 3 is 2.54 bits per heavy atom. The number of carbonyl (C=O) groups excluding carboxylic acids is 1. The van der Waals surface area contributed by atoms with Crippen LogP contribution in [-0.4, -0.2) is 30.1 Å². The average molecular weight is 184 g/mol. The van der Waals surface area contributed by atoms with E-state index in [1.165, 1.54) is 0 Å². The van der Waals surface area contributed by atoms with Gasteiger partial charge in [0.1, 0.15) is 0 Å². The molecule has 0 aromatic carbocycles. The van der Waals surface area contributed by atoms with E-state index in [1.54, 1.807) is 0 Å². The SMILES string of the molecule is CCC(C)C1NC(CC)N(C)C1=O. The molecule has 3 unspecified atom stereocenters. The highest BCUT2D eigenvalue weighted by molar-refractivity contribution is 5.84. The van der Waals surface area contributed by atoms with Gasteiger partial charge in [0, 0.05) is 7.05 Å². The Morgan fingerprint density at radius 2 is 2.15 bits per heavy atom. The van der Waals surface area contributed by atoms with Gasteiger partial charge < -0.3 is 4.90 Å². The van der Waals surface area contributed by atoms with Gasteiger partial charge in [0.15, 0.2) is 0 Å². The van der Waals surface area contributed by atoms with E-state index in [1.807, 2.05) is 11.9 Å². The van der Waals surface area contributed by atoms with Crippen LogP contribution in [0.1, 0.15) is 33.6 Å². The number of nitrogens with zero attached hydrogens (tertiary/aromatic N) is 1. The summed E-state index contributed by atoms with van der Waals surface area (Å²) in [6.07, 6.45) is 2.27. The summed E-state index contributed by atoms with van der Waals surface area (Å²) in [5.74, 6) is 0.688. The Hall–Kier alpha value is -0.570. The maximum Gasteiger partial charge on any atom is 0.241 e. The molecule has 1 aliphatic rings. The molecule has 1 N–H and O–H groups in total. The fourth-order valence-corrected chi connectivity index (χ4v) is 1.80. The van der Waals surface area contributed by atoms with Crippen LogP contribution in [0.4, 0.5) is 0 Å². The Labute approximate surface area is 80.5 Å². The standard InChI is InChI=1S/C10H20N2O/c1-5-7(3)9-10(13)12(4)8(6-2)11-9/h7-9,11H,5-6H2,1-4H3. The van der Waals surface area contributed by atoms with Gasteiger partial charge in [-0.15, -0.1) is 0 Å². The fourth-order valence-electron chi connectivity index (χ4n) is 1.80. The normalized spacial score (nSPS) is 31.1. The molecule has 1 heterocycles. The van der Waals surface area contributed by atoms with Crippen molar-refractivity contribution in [2.75, 3.05) is 7.05 Å². The molecule has 1 saturated heterocycles. The molecule has 0 aliphatic carbocycles. The molecule has 0 aromatic heterocycles. The molecule has 0 radical (unpaired) electrons. The number of amides is 1. The van der Waals surface area contributed by atoms with Gasteiger partial charge in [0.05, 0.1) is 12.2 Å². The molecule has 0 saturated carbocycles. The Balaban J connectivity index is 2.65. The molecule has 13 heavy (non-hydrogen) atoms. The minimum Gasteiger partial charge on any atom is -0.329 e. The zero-order chi connectivity index (χ0) is 10.0. The first-order chi connectivity index (χ1) is 6.11. The summed E-state index contributed by atoms with van der Waals surface area (Å²) in [5.41, 5.74) is 0. The van der Waals surface area contributed by atoms with Crippen LogP contribution in [-0.2, 0) is 4.79 Å². The number of hydrogen-bond acceptors (Lipinski definition) is 2. The molecule has 0 bridgehead atoms. The number of rotatable bonds is 3. The van der Waals surface area contributed by atoms with E-state index < -0.39 is 0 Å². The predicted molar refractivity (Wildman–Crippen MR) is 53.2 cm³/mol. The summed E-state index contributed by atoms with van der Waals surface area (Å²) in [4.78, 5) is 13.6. The van der Waals surface area contributed by atoms with Gasteiger partial charge in [0.2, 0.25) is 5.91 Å². The molecule has 1 amide bonds. The maximum absolute atomic E-state index is 11.7. The Kier molecular flexibility index (Phi) is 3.31. The number of nitrogens with one attached hydrogen (secondary N) is 1. The summed E-state index contributed by atoms with van der Waals surface area (Å²) in [7, 11) is 1.88. The highest BCUT2D eigenvalue weighted by Gasteiger charge is 2.37. The van der Waals surface area contributed by atoms with Crippen molar-refractivity contribution in [3.8, 4) is 0 Å². The van der Waals surface area contributed by atoms with Crippen LogP contribution >= 0.6 is 0 Å². The van der Waals surface area contributed by atoms with Gasteiger partial charge in [-0.1, -0.05) is 27.2 Å². The zero-order valence-corrected chi connectivity index (χ0v) is 9.00. The van der Waals surface area contributed by atoms with Gasteiger partial charge in [0.25, 0.3) is 0 Å². The van der Waals surface area contributed by atoms with Crippen molar-refractivity contribution < 1.29 is 4.79 Å². The molecular weight excluding hydrogens is 164 g/mol. The minimum atomic E-state index is 0.0416. The molecule has 0 aromatic rings. The minimum absolute atomic E-state index is 0.0416. The second kappa shape index (κ2) is 4.09. The van der Waals surface area contributed by atoms with Crippen molar-refractivity contribution in [2.24, 2.45) is 5.92 Å². The van der Waals surface area contributed by atoms with Crippen molar-refractivity contribution in [1.82, 2.24) is 10.2 Å². The van der Waals surface area contributed by atoms with Gasteiger partial charge in [-0.3, -0.25) is 10.1 Å². The lowest BCUT2D eigenvalue weighted by molar-refractivity contribution is -0.129. The Morgan fingerprint density at radius 1 is 1.54 bits per heavy atom. The monoisotopic (exact) mass is 184 g/mol. The van der Waals surface area contributed by atoms with Crippen LogP contribution in [0.2, 0.25) is 0 Å². The quantitative estimate of drug-likeness (QED) is 0.714. The molecule has 76 valence electrons. The average Bonchev–Trinajstić information content (AvgIpc) is 2.43. The van der Waals surface area contributed by atoms with Crippen molar-refractivity contribution >= 4 is 5.91 Å². The van der Waals surface area contributed by atoms with Gasteiger partial charge in [-0.2, -0.15) is 0 Å². The third-order valence-corrected chi connectivity index (χ3v) is 3.05. The fraction of sp³-hybridized carbons (Fsp3) is 0.900. The lowest BCUT2D eigenvalue weighted by atomic mass is 9.99. The first-order valence-electron chi connectivity index (χ1n) is 5.14. The van der Waals surface area contributed by atoms with Crippen LogP contribution in [0.3, 0.4) is 0 Å². The summed E-state index contributed by atoms with van der Waals surface area (Å²) >= 11 is 0. The van der Waals surface area contributed by atoms with E-state index in [2.05, 4.69) is 26.1 Å². The first-order valence-corrected chi connectivity index (χ1v) is 5.14. The first kappa shape index (κ1) is 10.5. The van der Waals surface area contributed by atoms with Crippen molar-refractivity contribution in [2.45, 2.75) is 45.8 Å². The number of carbonyl (C=O) groups is 1. The highest BCUT2D eigenvalue weighted by Crippen LogP contribution is 2.18. The lowest BCUT2D eigenvalue weighted by Gasteiger charge is -2.16. The van der Waals surface area contributed by atoms with Crippen molar-refractivity contribution in [3.05, 3.63) is 0 Å². The molecule has 3 nitrogen and oxygen atoms in total. The number of likely N-dealkylation sites (N-methyl/N-ethyl adjacent to an activating group) is 1. The summed E-state index contributed by atoms with van der Waals surface area (Å²) in [6.45, 7) is 6.35. The maximum atomic E-state index is 11.7. The van der Waals surface area contributed by atoms with Crippen LogP contribution < -0.4 is 5.32 Å². The predicted octanol–water partition coefficient (Wildman–Crippen LogP) is 1.20. The third kappa shape index (κ3) is 1.85. The molecule has 1 fully saturated rings. The van der Waals surface area contributed by atoms with Crippen molar-refractivity contribution in [3.63, 3.8) is 0 Å². The van der Waals surface area contributed by atoms with Crippen LogP contribution in [0.5, 0.6) is 0 Å². The van der Waals surface area contributed by atoms with Crippen LogP contribution in [0.15, 0.2) is 0 Å². The molecule has 1 aliphatic heterocycles. The van der Waals surface area contributed by atoms with E-state index in [-0.39, 0.29) is 18.1 Å². The number of hydrogen-bond donors (Lipinski definition) is 1. The van der Waals surface area contributed by atoms with Gasteiger partial charge in [-0.05, 0) is 12.3 Å². The topological polar surface area (TPSA) is 32.3 Å². The van der Waals surface area contributed by atoms with E-state index in [9.17, 15) is 4.79 Å². The largest absolute Gasteiger partial charge is 0.329 e. The second-order valence-corrected chi connectivity index (χ2v) is 3.90. The van der Waals surface area contributed by atoms with Crippen LogP contribution in [0, 0.1) is 5.92 Å². The second-order valence-electron chi connectivity index (χ2n) is 3.90. The molecule has 3 heteroatoms. The highest BCUT2D eigenvalue weighted by atomic mass is 16.2. The van der Waals surface area contributed by atoms with E-state index >= 15 is 0 Å². The van der Waals surface area contributed by atoms with E-state index in [0.29, 0.717) is 5.92 Å². The third-order valence-electron chi connectivity index (χ3n) is 3.05. The van der Waals surface area contributed by atoms with E-state index in [4.69, 9.17) is 0 Å². The van der Waals surface area contributed by atoms with Crippen LogP contribution in [0.25, 0.3) is 0 Å². The van der Waals surface area contributed by atoms with E-state index in [0.717, 1.165) is 12.8 Å². The van der Waals surface area contributed by atoms with Crippen molar-refractivity contribution in [1.29, 1.82) is 0 Å². The van der Waals surface area contributed by atoms with Gasteiger partial charge >= 0.3 is 0 Å².